The fourth-order valence-electron chi connectivity index (χ4n) is 5.89. The highest BCUT2D eigenvalue weighted by molar-refractivity contribution is 8.33. The largest absolute Gasteiger partial charge is 0.307 e. The predicted octanol–water partition coefficient (Wildman–Crippen LogP) is 10.3. The van der Waals surface area contributed by atoms with Crippen molar-refractivity contribution < 1.29 is 12.0 Å². The molecular weight excluding hydrogens is 557 g/mol. The molecule has 0 N–H and O–H groups in total. The molecule has 42 heavy (non-hydrogen) atoms. The minimum atomic E-state index is -4.28. The fraction of sp³-hybridized carbons (Fsp3) is 0.0811. The van der Waals surface area contributed by atoms with E-state index in [-0.39, 0.29) is 4.90 Å². The quantitative estimate of drug-likeness (QED) is 0.175. The Bertz CT molecular complexity index is 2080. The summed E-state index contributed by atoms with van der Waals surface area (Å²) in [5.41, 5.74) is 1.18. The molecule has 0 aromatic heterocycles. The van der Waals surface area contributed by atoms with E-state index in [9.17, 15) is 8.42 Å². The van der Waals surface area contributed by atoms with E-state index < -0.39 is 20.4 Å². The second kappa shape index (κ2) is 10.3. The molecule has 0 spiro atoms. The summed E-state index contributed by atoms with van der Waals surface area (Å²) in [7, 11) is -6.97. The molecule has 0 bridgehead atoms. The lowest BCUT2D eigenvalue weighted by Crippen LogP contribution is -2.15. The molecule has 0 heterocycles. The van der Waals surface area contributed by atoms with Gasteiger partial charge in [0.1, 0.15) is 4.90 Å². The van der Waals surface area contributed by atoms with Gasteiger partial charge in [0.15, 0.2) is 0 Å². The van der Waals surface area contributed by atoms with Crippen molar-refractivity contribution in [2.45, 2.75) is 39.3 Å². The first-order chi connectivity index (χ1) is 20.4. The zero-order chi connectivity index (χ0) is 28.9. The van der Waals surface area contributed by atoms with Gasteiger partial charge in [0.05, 0.1) is 0 Å². The predicted molar refractivity (Wildman–Crippen MR) is 174 cm³/mol. The van der Waals surface area contributed by atoms with E-state index in [0.29, 0.717) is 11.3 Å². The molecule has 7 aromatic rings. The van der Waals surface area contributed by atoms with Crippen LogP contribution in [0.5, 0.6) is 0 Å². The van der Waals surface area contributed by atoms with Crippen LogP contribution in [0.25, 0.3) is 32.3 Å². The molecule has 0 aliphatic carbocycles. The zero-order valence-corrected chi connectivity index (χ0v) is 25.0. The molecule has 0 aliphatic heterocycles. The van der Waals surface area contributed by atoms with E-state index in [0.717, 1.165) is 41.6 Å². The topological polar surface area (TPSA) is 43.4 Å². The molecule has 7 aromatic carbocycles. The molecule has 0 saturated heterocycles. The Labute approximate surface area is 248 Å². The van der Waals surface area contributed by atoms with Gasteiger partial charge in [0, 0.05) is 20.1 Å². The molecule has 0 aliphatic rings. The summed E-state index contributed by atoms with van der Waals surface area (Å²) in [5.74, 6) is 0.346. The first-order valence-electron chi connectivity index (χ1n) is 14.0. The van der Waals surface area contributed by atoms with Gasteiger partial charge in [0.25, 0.3) is 0 Å². The number of benzene rings is 7. The van der Waals surface area contributed by atoms with Crippen molar-refractivity contribution in [2.75, 3.05) is 0 Å². The van der Waals surface area contributed by atoms with Crippen LogP contribution in [0.3, 0.4) is 0 Å². The van der Waals surface area contributed by atoms with Crippen molar-refractivity contribution >= 4 is 52.7 Å². The van der Waals surface area contributed by atoms with Crippen LogP contribution < -0.4 is 0 Å². The molecule has 0 fully saturated rings. The van der Waals surface area contributed by atoms with Gasteiger partial charge in [-0.2, -0.15) is 8.42 Å². The monoisotopic (exact) mass is 586 g/mol. The highest BCUT2D eigenvalue weighted by atomic mass is 32.3. The highest BCUT2D eigenvalue weighted by Gasteiger charge is 2.39. The Morgan fingerprint density at radius 2 is 1.00 bits per heavy atom. The molecule has 3 nitrogen and oxygen atoms in total. The third-order valence-electron chi connectivity index (χ3n) is 7.98. The average molecular weight is 587 g/mol. The molecule has 0 amide bonds. The van der Waals surface area contributed by atoms with Crippen molar-refractivity contribution in [1.82, 2.24) is 0 Å². The van der Waals surface area contributed by atoms with Gasteiger partial charge in [0.2, 0.25) is 0 Å². The van der Waals surface area contributed by atoms with Gasteiger partial charge in [-0.25, -0.2) is 3.63 Å². The standard InChI is InChI=1S/C37H30O3S2/c1-26(2)27-18-22-33(23-19-27)41(31-12-5-3-6-13-31,32-14-7-4-8-15-32)40-42(38,39)35-25-21-30-17-16-28-10-9-11-29-20-24-34(35)37(30)36(28)29/h3-26H,1-2H3. The summed E-state index contributed by atoms with van der Waals surface area (Å²) >= 11 is 0. The molecule has 0 radical (unpaired) electrons. The Kier molecular flexibility index (Phi) is 6.54. The minimum absolute atomic E-state index is 0.177. The lowest BCUT2D eigenvalue weighted by Gasteiger charge is -2.39. The zero-order valence-electron chi connectivity index (χ0n) is 23.4. The Hall–Kier alpha value is -4.16. The third-order valence-corrected chi connectivity index (χ3v) is 13.2. The van der Waals surface area contributed by atoms with E-state index in [2.05, 4.69) is 50.2 Å². The van der Waals surface area contributed by atoms with Crippen LogP contribution in [-0.2, 0) is 13.7 Å². The first-order valence-corrected chi connectivity index (χ1v) is 17.0. The summed E-state index contributed by atoms with van der Waals surface area (Å²) in [5, 5.41) is 5.85. The third kappa shape index (κ3) is 4.28. The van der Waals surface area contributed by atoms with Crippen LogP contribution in [0.15, 0.2) is 159 Å². The number of hydrogen-bond donors (Lipinski definition) is 0. The highest BCUT2D eigenvalue weighted by Crippen LogP contribution is 2.70. The van der Waals surface area contributed by atoms with Gasteiger partial charge in [-0.05, 0) is 91.2 Å². The van der Waals surface area contributed by atoms with Crippen LogP contribution >= 0.6 is 10.3 Å². The van der Waals surface area contributed by atoms with E-state index in [4.69, 9.17) is 3.63 Å². The van der Waals surface area contributed by atoms with E-state index in [1.165, 1.54) is 5.56 Å². The summed E-state index contributed by atoms with van der Waals surface area (Å²) in [6.45, 7) is 4.30. The molecule has 5 heteroatoms. The molecule has 0 unspecified atom stereocenters. The lowest BCUT2D eigenvalue weighted by molar-refractivity contribution is 0.509. The maximum Gasteiger partial charge on any atom is 0.307 e. The minimum Gasteiger partial charge on any atom is -0.203 e. The summed E-state index contributed by atoms with van der Waals surface area (Å²) in [4.78, 5) is 2.63. The van der Waals surface area contributed by atoms with Crippen molar-refractivity contribution in [3.05, 3.63) is 145 Å². The van der Waals surface area contributed by atoms with Gasteiger partial charge < -0.3 is 0 Å². The Morgan fingerprint density at radius 1 is 0.500 bits per heavy atom. The van der Waals surface area contributed by atoms with Crippen LogP contribution in [0.1, 0.15) is 25.3 Å². The van der Waals surface area contributed by atoms with Gasteiger partial charge in [-0.3, -0.25) is 0 Å². The van der Waals surface area contributed by atoms with Gasteiger partial charge in [-0.15, -0.1) is 0 Å². The molecule has 208 valence electrons. The molecule has 0 atom stereocenters. The molecule has 7 rings (SSSR count). The van der Waals surface area contributed by atoms with E-state index in [1.54, 1.807) is 6.07 Å². The summed E-state index contributed by atoms with van der Waals surface area (Å²) in [6, 6.07) is 45.6. The Morgan fingerprint density at radius 3 is 1.57 bits per heavy atom. The second-order valence-electron chi connectivity index (χ2n) is 10.8. The van der Waals surface area contributed by atoms with Crippen molar-refractivity contribution in [3.8, 4) is 0 Å². The fourth-order valence-corrected chi connectivity index (χ4v) is 11.3. The normalized spacial score (nSPS) is 12.9. The molecule has 0 saturated carbocycles. The van der Waals surface area contributed by atoms with Crippen LogP contribution in [0.2, 0.25) is 0 Å². The first kappa shape index (κ1) is 26.7. The maximum atomic E-state index is 14.7. The SMILES string of the molecule is CC(C)c1ccc(S(OS(=O)(=O)c2ccc3ccc4cccc5ccc2c3c45)(c2ccccc2)c2ccccc2)cc1. The van der Waals surface area contributed by atoms with E-state index in [1.807, 2.05) is 97.1 Å². The van der Waals surface area contributed by atoms with Crippen LogP contribution in [-0.4, -0.2) is 8.42 Å². The van der Waals surface area contributed by atoms with Crippen LogP contribution in [0, 0.1) is 0 Å². The second-order valence-corrected chi connectivity index (χ2v) is 15.3. The lowest BCUT2D eigenvalue weighted by atomic mass is 9.94. The van der Waals surface area contributed by atoms with Crippen LogP contribution in [0.4, 0.5) is 0 Å². The van der Waals surface area contributed by atoms with Crippen molar-refractivity contribution in [1.29, 1.82) is 0 Å². The van der Waals surface area contributed by atoms with Gasteiger partial charge in [-0.1, -0.05) is 111 Å². The average Bonchev–Trinajstić information content (AvgIpc) is 3.03. The van der Waals surface area contributed by atoms with Crippen molar-refractivity contribution in [3.63, 3.8) is 0 Å². The summed E-state index contributed by atoms with van der Waals surface area (Å²) < 4.78 is 36.1. The number of hydrogen-bond acceptors (Lipinski definition) is 3. The number of rotatable bonds is 7. The molecular formula is C37H30O3S2. The van der Waals surface area contributed by atoms with E-state index >= 15 is 0 Å². The smallest absolute Gasteiger partial charge is 0.203 e. The summed E-state index contributed by atoms with van der Waals surface area (Å²) in [6.07, 6.45) is 0. The maximum absolute atomic E-state index is 14.7. The van der Waals surface area contributed by atoms with Crippen molar-refractivity contribution in [2.24, 2.45) is 0 Å². The Balaban J connectivity index is 1.50. The van der Waals surface area contributed by atoms with Gasteiger partial charge >= 0.3 is 10.1 Å².